The first-order chi connectivity index (χ1) is 8.66. The number of aromatic nitrogens is 2. The molecule has 1 amide bonds. The van der Waals surface area contributed by atoms with Crippen LogP contribution >= 0.6 is 11.3 Å². The van der Waals surface area contributed by atoms with E-state index < -0.39 is 0 Å². The first-order valence-corrected chi connectivity index (χ1v) is 6.61. The second-order valence-electron chi connectivity index (χ2n) is 4.02. The fourth-order valence-corrected chi connectivity index (χ4v) is 2.42. The highest BCUT2D eigenvalue weighted by atomic mass is 32.1. The molecule has 2 aromatic rings. The van der Waals surface area contributed by atoms with E-state index in [0.29, 0.717) is 6.54 Å². The molecule has 96 valence electrons. The van der Waals surface area contributed by atoms with Crippen LogP contribution in [0.5, 0.6) is 0 Å². The van der Waals surface area contributed by atoms with Crippen molar-refractivity contribution in [1.82, 2.24) is 15.3 Å². The third-order valence-corrected chi connectivity index (χ3v) is 3.48. The zero-order valence-corrected chi connectivity index (χ0v) is 11.2. The molecule has 0 aliphatic carbocycles. The van der Waals surface area contributed by atoms with Crippen LogP contribution < -0.4 is 10.6 Å². The maximum Gasteiger partial charge on any atom is 0.221 e. The van der Waals surface area contributed by atoms with Crippen molar-refractivity contribution in [2.24, 2.45) is 0 Å². The molecule has 2 aromatic heterocycles. The van der Waals surface area contributed by atoms with Crippen LogP contribution in [0, 0.1) is 0 Å². The van der Waals surface area contributed by atoms with Gasteiger partial charge in [-0.2, -0.15) is 0 Å². The zero-order chi connectivity index (χ0) is 13.0. The number of thiophene rings is 1. The Hall–Kier alpha value is -1.66. The molecule has 1 unspecified atom stereocenters. The number of carbonyl (C=O) groups excluding carboxylic acids is 1. The van der Waals surface area contributed by atoms with Crippen LogP contribution in [0.1, 0.15) is 30.6 Å². The SMILES string of the molecule is CC(=O)Nc1ccsc1CNC(C)c1ncc[nH]1. The number of hydrogen-bond donors (Lipinski definition) is 3. The molecule has 2 heterocycles. The van der Waals surface area contributed by atoms with Crippen LogP contribution in [0.3, 0.4) is 0 Å². The van der Waals surface area contributed by atoms with Crippen molar-refractivity contribution in [3.8, 4) is 0 Å². The first-order valence-electron chi connectivity index (χ1n) is 5.73. The molecule has 1 atom stereocenters. The molecule has 0 aliphatic rings. The van der Waals surface area contributed by atoms with Crippen LogP contribution in [0.15, 0.2) is 23.8 Å². The van der Waals surface area contributed by atoms with Gasteiger partial charge in [-0.05, 0) is 18.4 Å². The number of carbonyl (C=O) groups is 1. The van der Waals surface area contributed by atoms with Gasteiger partial charge in [0.05, 0.1) is 11.7 Å². The van der Waals surface area contributed by atoms with Crippen molar-refractivity contribution in [3.63, 3.8) is 0 Å². The average molecular weight is 264 g/mol. The molecule has 3 N–H and O–H groups in total. The Morgan fingerprint density at radius 1 is 1.61 bits per heavy atom. The lowest BCUT2D eigenvalue weighted by molar-refractivity contribution is -0.114. The van der Waals surface area contributed by atoms with E-state index in [9.17, 15) is 4.79 Å². The number of aromatic amines is 1. The van der Waals surface area contributed by atoms with Gasteiger partial charge in [0.25, 0.3) is 0 Å². The number of amides is 1. The van der Waals surface area contributed by atoms with Crippen molar-refractivity contribution in [1.29, 1.82) is 0 Å². The first kappa shape index (κ1) is 12.8. The number of imidazole rings is 1. The number of H-pyrrole nitrogens is 1. The predicted octanol–water partition coefficient (Wildman–Crippen LogP) is 2.28. The number of nitrogens with zero attached hydrogens (tertiary/aromatic N) is 1. The van der Waals surface area contributed by atoms with Crippen LogP contribution in [0.4, 0.5) is 5.69 Å². The largest absolute Gasteiger partial charge is 0.347 e. The Morgan fingerprint density at radius 2 is 2.44 bits per heavy atom. The molecule has 18 heavy (non-hydrogen) atoms. The Morgan fingerprint density at radius 3 is 3.11 bits per heavy atom. The third kappa shape index (κ3) is 3.18. The molecule has 0 saturated carbocycles. The van der Waals surface area contributed by atoms with Crippen molar-refractivity contribution < 1.29 is 4.79 Å². The van der Waals surface area contributed by atoms with Crippen molar-refractivity contribution in [2.75, 3.05) is 5.32 Å². The summed E-state index contributed by atoms with van der Waals surface area (Å²) in [7, 11) is 0. The Balaban J connectivity index is 1.94. The summed E-state index contributed by atoms with van der Waals surface area (Å²) in [4.78, 5) is 19.4. The molecule has 0 aromatic carbocycles. The number of rotatable bonds is 5. The van der Waals surface area contributed by atoms with Gasteiger partial charge in [-0.25, -0.2) is 4.98 Å². The summed E-state index contributed by atoms with van der Waals surface area (Å²) in [6.45, 7) is 4.26. The Labute approximate surface area is 110 Å². The van der Waals surface area contributed by atoms with Crippen molar-refractivity contribution >= 4 is 22.9 Å². The molecular formula is C12H16N4OS. The highest BCUT2D eigenvalue weighted by Crippen LogP contribution is 2.22. The number of nitrogens with one attached hydrogen (secondary N) is 3. The van der Waals surface area contributed by atoms with Crippen LogP contribution in [-0.4, -0.2) is 15.9 Å². The summed E-state index contributed by atoms with van der Waals surface area (Å²) in [6.07, 6.45) is 3.54. The molecule has 0 radical (unpaired) electrons. The van der Waals surface area contributed by atoms with Gasteiger partial charge >= 0.3 is 0 Å². The highest BCUT2D eigenvalue weighted by molar-refractivity contribution is 7.10. The van der Waals surface area contributed by atoms with E-state index in [2.05, 4.69) is 20.6 Å². The molecular weight excluding hydrogens is 248 g/mol. The fraction of sp³-hybridized carbons (Fsp3) is 0.333. The summed E-state index contributed by atoms with van der Waals surface area (Å²) >= 11 is 1.62. The van der Waals surface area contributed by atoms with Crippen LogP contribution in [-0.2, 0) is 11.3 Å². The van der Waals surface area contributed by atoms with Gasteiger partial charge in [0.15, 0.2) is 0 Å². The van der Waals surface area contributed by atoms with Gasteiger partial charge in [0.2, 0.25) is 5.91 Å². The van der Waals surface area contributed by atoms with Gasteiger partial charge in [0, 0.05) is 30.7 Å². The van der Waals surface area contributed by atoms with Gasteiger partial charge in [-0.1, -0.05) is 0 Å². The smallest absolute Gasteiger partial charge is 0.221 e. The minimum Gasteiger partial charge on any atom is -0.347 e. The maximum atomic E-state index is 11.0. The van der Waals surface area contributed by atoms with Crippen molar-refractivity contribution in [2.45, 2.75) is 26.4 Å². The molecule has 0 aliphatic heterocycles. The Kier molecular flexibility index (Phi) is 4.11. The molecule has 0 spiro atoms. The lowest BCUT2D eigenvalue weighted by Crippen LogP contribution is -2.19. The molecule has 5 nitrogen and oxygen atoms in total. The third-order valence-electron chi connectivity index (χ3n) is 2.55. The molecule has 0 saturated heterocycles. The van der Waals surface area contributed by atoms with E-state index in [1.54, 1.807) is 23.7 Å². The fourth-order valence-electron chi connectivity index (χ4n) is 1.64. The number of anilines is 1. The molecule has 0 fully saturated rings. The van der Waals surface area contributed by atoms with Gasteiger partial charge in [-0.15, -0.1) is 11.3 Å². The van der Waals surface area contributed by atoms with Crippen molar-refractivity contribution in [3.05, 3.63) is 34.5 Å². The van der Waals surface area contributed by atoms with E-state index in [0.717, 1.165) is 16.4 Å². The second kappa shape index (κ2) is 5.79. The van der Waals surface area contributed by atoms with Gasteiger partial charge < -0.3 is 15.6 Å². The standard InChI is InChI=1S/C12H16N4OS/c1-8(12-13-4-5-14-12)15-7-11-10(3-6-18-11)16-9(2)17/h3-6,8,15H,7H2,1-2H3,(H,13,14)(H,16,17). The summed E-state index contributed by atoms with van der Waals surface area (Å²) in [5.74, 6) is 0.862. The van der Waals surface area contributed by atoms with E-state index in [1.165, 1.54) is 6.92 Å². The number of hydrogen-bond acceptors (Lipinski definition) is 4. The van der Waals surface area contributed by atoms with Gasteiger partial charge in [0.1, 0.15) is 5.82 Å². The molecule has 0 bridgehead atoms. The van der Waals surface area contributed by atoms with E-state index in [4.69, 9.17) is 0 Å². The quantitative estimate of drug-likeness (QED) is 0.776. The lowest BCUT2D eigenvalue weighted by atomic mass is 10.3. The minimum atomic E-state index is -0.0475. The molecule has 6 heteroatoms. The zero-order valence-electron chi connectivity index (χ0n) is 10.4. The summed E-state index contributed by atoms with van der Waals surface area (Å²) < 4.78 is 0. The minimum absolute atomic E-state index is 0.0475. The van der Waals surface area contributed by atoms with E-state index in [1.807, 2.05) is 18.4 Å². The Bertz CT molecular complexity index is 506. The summed E-state index contributed by atoms with van der Waals surface area (Å²) in [5, 5.41) is 8.16. The monoisotopic (exact) mass is 264 g/mol. The van der Waals surface area contributed by atoms with Crippen LogP contribution in [0.25, 0.3) is 0 Å². The average Bonchev–Trinajstić information content (AvgIpc) is 2.95. The normalized spacial score (nSPS) is 12.3. The topological polar surface area (TPSA) is 69.8 Å². The van der Waals surface area contributed by atoms with E-state index in [-0.39, 0.29) is 11.9 Å². The van der Waals surface area contributed by atoms with E-state index >= 15 is 0 Å². The summed E-state index contributed by atoms with van der Waals surface area (Å²) in [6, 6.07) is 2.06. The predicted molar refractivity (Wildman–Crippen MR) is 72.5 cm³/mol. The van der Waals surface area contributed by atoms with Gasteiger partial charge in [-0.3, -0.25) is 4.79 Å². The second-order valence-corrected chi connectivity index (χ2v) is 5.02. The summed E-state index contributed by atoms with van der Waals surface area (Å²) in [5.41, 5.74) is 0.881. The molecule has 2 rings (SSSR count). The van der Waals surface area contributed by atoms with Crippen LogP contribution in [0.2, 0.25) is 0 Å². The lowest BCUT2D eigenvalue weighted by Gasteiger charge is -2.11. The highest BCUT2D eigenvalue weighted by Gasteiger charge is 2.10. The maximum absolute atomic E-state index is 11.0.